The Balaban J connectivity index is 1.24. The van der Waals surface area contributed by atoms with Crippen LogP contribution in [0.2, 0.25) is 0 Å². The number of fused-ring (bicyclic) bond motifs is 1. The molecule has 1 aliphatic carbocycles. The number of imidazole rings is 1. The van der Waals surface area contributed by atoms with Crippen molar-refractivity contribution >= 4 is 22.9 Å². The fraction of sp³-hybridized carbons (Fsp3) is 0.391. The molecule has 166 valence electrons. The second-order valence-corrected chi connectivity index (χ2v) is 8.72. The van der Waals surface area contributed by atoms with Gasteiger partial charge in [-0.15, -0.1) is 16.7 Å². The van der Waals surface area contributed by atoms with Crippen molar-refractivity contribution in [1.82, 2.24) is 34.7 Å². The Morgan fingerprint density at radius 3 is 2.91 bits per heavy atom. The number of hydrogen-bond donors (Lipinski definition) is 2. The first kappa shape index (κ1) is 20.9. The standard InChI is InChI=1S/C23H27ClN8/c24-6-7-27-20-8-19(11-26-12-20)22-16-32(30-29-22)15-21-14-31-13-18(4-5-23(31)28-21)10-25-9-17-2-1-3-17/h4-5,8,11-14,16-17,25,27H,1-3,6-7,9-10,15H2. The highest BCUT2D eigenvalue weighted by Crippen LogP contribution is 2.25. The number of aromatic nitrogens is 6. The third-order valence-electron chi connectivity index (χ3n) is 5.87. The summed E-state index contributed by atoms with van der Waals surface area (Å²) in [5, 5.41) is 15.4. The van der Waals surface area contributed by atoms with E-state index in [0.717, 1.165) is 47.3 Å². The van der Waals surface area contributed by atoms with Crippen LogP contribution >= 0.6 is 11.6 Å². The van der Waals surface area contributed by atoms with Gasteiger partial charge < -0.3 is 15.0 Å². The fourth-order valence-electron chi connectivity index (χ4n) is 3.93. The minimum absolute atomic E-state index is 0.540. The van der Waals surface area contributed by atoms with Crippen LogP contribution < -0.4 is 10.6 Å². The molecule has 0 saturated heterocycles. The molecule has 0 bridgehead atoms. The van der Waals surface area contributed by atoms with E-state index in [0.29, 0.717) is 19.0 Å². The molecule has 1 aliphatic rings. The summed E-state index contributed by atoms with van der Waals surface area (Å²) < 4.78 is 3.89. The first-order valence-electron chi connectivity index (χ1n) is 11.1. The predicted molar refractivity (Wildman–Crippen MR) is 126 cm³/mol. The molecule has 1 fully saturated rings. The van der Waals surface area contributed by atoms with Gasteiger partial charge in [-0.05, 0) is 43.0 Å². The number of anilines is 1. The van der Waals surface area contributed by atoms with Crippen molar-refractivity contribution in [2.24, 2.45) is 5.92 Å². The molecule has 4 aromatic rings. The Hall–Kier alpha value is -2.97. The van der Waals surface area contributed by atoms with Gasteiger partial charge in [-0.2, -0.15) is 0 Å². The molecule has 0 spiro atoms. The zero-order chi connectivity index (χ0) is 21.8. The number of nitrogens with one attached hydrogen (secondary N) is 2. The maximum absolute atomic E-state index is 5.75. The molecule has 5 rings (SSSR count). The van der Waals surface area contributed by atoms with Crippen LogP contribution in [0.5, 0.6) is 0 Å². The first-order chi connectivity index (χ1) is 15.8. The summed E-state index contributed by atoms with van der Waals surface area (Å²) in [6.07, 6.45) is 13.8. The van der Waals surface area contributed by atoms with Crippen LogP contribution in [0.3, 0.4) is 0 Å². The van der Waals surface area contributed by atoms with Crippen molar-refractivity contribution in [3.63, 3.8) is 0 Å². The molecule has 4 aromatic heterocycles. The Morgan fingerprint density at radius 2 is 2.06 bits per heavy atom. The second kappa shape index (κ2) is 9.67. The van der Waals surface area contributed by atoms with E-state index in [1.54, 1.807) is 17.1 Å². The zero-order valence-corrected chi connectivity index (χ0v) is 18.7. The molecule has 0 amide bonds. The van der Waals surface area contributed by atoms with E-state index in [2.05, 4.69) is 54.9 Å². The summed E-state index contributed by atoms with van der Waals surface area (Å²) in [7, 11) is 0. The topological polar surface area (TPSA) is 85.0 Å². The van der Waals surface area contributed by atoms with Gasteiger partial charge in [0, 0.05) is 49.3 Å². The largest absolute Gasteiger partial charge is 0.383 e. The highest BCUT2D eigenvalue weighted by atomic mass is 35.5. The van der Waals surface area contributed by atoms with Gasteiger partial charge >= 0.3 is 0 Å². The van der Waals surface area contributed by atoms with Crippen molar-refractivity contribution in [3.05, 3.63) is 60.4 Å². The molecule has 4 heterocycles. The van der Waals surface area contributed by atoms with Gasteiger partial charge in [0.15, 0.2) is 0 Å². The molecule has 2 N–H and O–H groups in total. The number of halogens is 1. The van der Waals surface area contributed by atoms with Gasteiger partial charge in [-0.25, -0.2) is 9.67 Å². The Morgan fingerprint density at radius 1 is 1.12 bits per heavy atom. The highest BCUT2D eigenvalue weighted by molar-refractivity contribution is 6.18. The lowest BCUT2D eigenvalue weighted by atomic mass is 9.85. The molecule has 1 saturated carbocycles. The summed E-state index contributed by atoms with van der Waals surface area (Å²) in [4.78, 5) is 9.01. The maximum atomic E-state index is 5.75. The number of nitrogens with zero attached hydrogens (tertiary/aromatic N) is 6. The maximum Gasteiger partial charge on any atom is 0.137 e. The molecule has 0 atom stereocenters. The molecule has 0 aliphatic heterocycles. The molecular formula is C23H27ClN8. The number of rotatable bonds is 10. The summed E-state index contributed by atoms with van der Waals surface area (Å²) in [6, 6.07) is 6.21. The number of alkyl halides is 1. The van der Waals surface area contributed by atoms with Crippen LogP contribution in [0.25, 0.3) is 16.9 Å². The zero-order valence-electron chi connectivity index (χ0n) is 17.9. The van der Waals surface area contributed by atoms with E-state index in [-0.39, 0.29) is 0 Å². The van der Waals surface area contributed by atoms with Crippen LogP contribution in [0.15, 0.2) is 49.2 Å². The first-order valence-corrected chi connectivity index (χ1v) is 11.6. The highest BCUT2D eigenvalue weighted by Gasteiger charge is 2.16. The van der Waals surface area contributed by atoms with E-state index < -0.39 is 0 Å². The van der Waals surface area contributed by atoms with Crippen LogP contribution in [0.4, 0.5) is 5.69 Å². The lowest BCUT2D eigenvalue weighted by Gasteiger charge is -2.25. The molecule has 0 aromatic carbocycles. The fourth-order valence-corrected chi connectivity index (χ4v) is 4.03. The summed E-state index contributed by atoms with van der Waals surface area (Å²) in [6.45, 7) is 3.25. The molecular weight excluding hydrogens is 424 g/mol. The van der Waals surface area contributed by atoms with Crippen molar-refractivity contribution < 1.29 is 0 Å². The van der Waals surface area contributed by atoms with Crippen LogP contribution in [0.1, 0.15) is 30.5 Å². The summed E-state index contributed by atoms with van der Waals surface area (Å²) in [5.41, 5.74) is 5.73. The average Bonchev–Trinajstić information content (AvgIpc) is 3.40. The van der Waals surface area contributed by atoms with Crippen molar-refractivity contribution in [2.75, 3.05) is 24.3 Å². The van der Waals surface area contributed by atoms with Gasteiger partial charge in [0.05, 0.1) is 24.1 Å². The van der Waals surface area contributed by atoms with E-state index in [9.17, 15) is 0 Å². The van der Waals surface area contributed by atoms with Crippen LogP contribution in [-0.4, -0.2) is 48.3 Å². The monoisotopic (exact) mass is 450 g/mol. The van der Waals surface area contributed by atoms with Gasteiger partial charge in [0.2, 0.25) is 0 Å². The third-order valence-corrected chi connectivity index (χ3v) is 6.06. The van der Waals surface area contributed by atoms with E-state index in [1.807, 2.05) is 12.3 Å². The SMILES string of the molecule is ClCCNc1cncc(-c2cn(Cc3cn4cc(CNCC5CCC5)ccc4n3)nn2)c1. The smallest absolute Gasteiger partial charge is 0.137 e. The van der Waals surface area contributed by atoms with Crippen molar-refractivity contribution in [2.45, 2.75) is 32.4 Å². The molecule has 0 radical (unpaired) electrons. The van der Waals surface area contributed by atoms with E-state index in [1.165, 1.54) is 24.8 Å². The Kier molecular flexibility index (Phi) is 6.31. The predicted octanol–water partition coefficient (Wildman–Crippen LogP) is 3.58. The van der Waals surface area contributed by atoms with Crippen molar-refractivity contribution in [1.29, 1.82) is 0 Å². The molecule has 9 heteroatoms. The third kappa shape index (κ3) is 4.92. The summed E-state index contributed by atoms with van der Waals surface area (Å²) >= 11 is 5.75. The number of hydrogen-bond acceptors (Lipinski definition) is 6. The van der Waals surface area contributed by atoms with Crippen molar-refractivity contribution in [3.8, 4) is 11.3 Å². The minimum Gasteiger partial charge on any atom is -0.383 e. The van der Waals surface area contributed by atoms with Gasteiger partial charge in [-0.1, -0.05) is 17.7 Å². The number of pyridine rings is 2. The van der Waals surface area contributed by atoms with Gasteiger partial charge in [-0.3, -0.25) is 4.98 Å². The normalized spacial score (nSPS) is 14.0. The molecule has 0 unspecified atom stereocenters. The van der Waals surface area contributed by atoms with Gasteiger partial charge in [0.25, 0.3) is 0 Å². The average molecular weight is 451 g/mol. The lowest BCUT2D eigenvalue weighted by molar-refractivity contribution is 0.301. The Labute approximate surface area is 192 Å². The van der Waals surface area contributed by atoms with Crippen LogP contribution in [0, 0.1) is 5.92 Å². The summed E-state index contributed by atoms with van der Waals surface area (Å²) in [5.74, 6) is 1.41. The minimum atomic E-state index is 0.540. The van der Waals surface area contributed by atoms with Gasteiger partial charge in [0.1, 0.15) is 11.3 Å². The van der Waals surface area contributed by atoms with Crippen LogP contribution in [-0.2, 0) is 13.1 Å². The second-order valence-electron chi connectivity index (χ2n) is 8.34. The van der Waals surface area contributed by atoms with E-state index in [4.69, 9.17) is 16.6 Å². The molecule has 32 heavy (non-hydrogen) atoms. The lowest BCUT2D eigenvalue weighted by Crippen LogP contribution is -2.26. The molecule has 8 nitrogen and oxygen atoms in total. The quantitative estimate of drug-likeness (QED) is 0.359. The Bertz CT molecular complexity index is 1180. The van der Waals surface area contributed by atoms with E-state index >= 15 is 0 Å².